The summed E-state index contributed by atoms with van der Waals surface area (Å²) in [6.07, 6.45) is 4.82. The maximum atomic E-state index is 13.9. The molecule has 3 amide bonds. The molecule has 6 rings (SSSR count). The van der Waals surface area contributed by atoms with E-state index < -0.39 is 11.9 Å². The minimum Gasteiger partial charge on any atom is -0.325 e. The van der Waals surface area contributed by atoms with Crippen molar-refractivity contribution in [1.29, 1.82) is 0 Å². The van der Waals surface area contributed by atoms with Crippen LogP contribution in [-0.4, -0.2) is 66.5 Å². The fourth-order valence-corrected chi connectivity index (χ4v) is 6.04. The van der Waals surface area contributed by atoms with Crippen molar-refractivity contribution in [1.82, 2.24) is 35.1 Å². The smallest absolute Gasteiger partial charge is 0.295 e. The number of hydroxylamine groups is 1. The number of likely N-dealkylation sites (tertiary alicyclic amines) is 1. The lowest BCUT2D eigenvalue weighted by Gasteiger charge is -2.27. The molecule has 216 valence electrons. The second-order valence-corrected chi connectivity index (χ2v) is 11.9. The third-order valence-corrected chi connectivity index (χ3v) is 8.53. The Morgan fingerprint density at radius 2 is 1.86 bits per heavy atom. The minimum atomic E-state index is -0.646. The highest BCUT2D eigenvalue weighted by molar-refractivity contribution is 9.10. The highest BCUT2D eigenvalue weighted by Gasteiger charge is 2.64. The molecule has 2 N–H and O–H groups in total. The van der Waals surface area contributed by atoms with E-state index >= 15 is 0 Å². The van der Waals surface area contributed by atoms with Gasteiger partial charge in [0, 0.05) is 29.4 Å². The van der Waals surface area contributed by atoms with Gasteiger partial charge in [0.2, 0.25) is 11.8 Å². The molecule has 4 heterocycles. The fraction of sp³-hybridized carbons (Fsp3) is 0.345. The Morgan fingerprint density at radius 1 is 1.10 bits per heavy atom. The number of carbonyl (C=O) groups is 3. The zero-order valence-electron chi connectivity index (χ0n) is 23.5. The molecule has 0 radical (unpaired) electrons. The molecule has 0 spiro atoms. The summed E-state index contributed by atoms with van der Waals surface area (Å²) in [6.45, 7) is 5.62. The van der Waals surface area contributed by atoms with E-state index in [1.807, 2.05) is 31.2 Å². The van der Waals surface area contributed by atoms with Gasteiger partial charge < -0.3 is 10.2 Å². The van der Waals surface area contributed by atoms with Gasteiger partial charge in [-0.3, -0.25) is 23.9 Å². The van der Waals surface area contributed by atoms with E-state index in [0.29, 0.717) is 33.6 Å². The van der Waals surface area contributed by atoms with Crippen LogP contribution < -0.4 is 10.8 Å². The van der Waals surface area contributed by atoms with Crippen LogP contribution in [0.1, 0.15) is 41.6 Å². The fourth-order valence-electron chi connectivity index (χ4n) is 5.73. The average Bonchev–Trinajstić information content (AvgIpc) is 3.33. The lowest BCUT2D eigenvalue weighted by atomic mass is 10.0. The summed E-state index contributed by atoms with van der Waals surface area (Å²) in [5.74, 6) is 0.0283. The molecule has 4 aromatic rings. The van der Waals surface area contributed by atoms with Crippen LogP contribution >= 0.6 is 15.9 Å². The van der Waals surface area contributed by atoms with Crippen LogP contribution in [0.2, 0.25) is 0 Å². The number of halogens is 1. The largest absolute Gasteiger partial charge is 0.325 e. The predicted molar refractivity (Wildman–Crippen MR) is 157 cm³/mol. The molecule has 1 aliphatic carbocycles. The van der Waals surface area contributed by atoms with Gasteiger partial charge in [-0.15, -0.1) is 0 Å². The summed E-state index contributed by atoms with van der Waals surface area (Å²) in [5, 5.41) is 7.97. The summed E-state index contributed by atoms with van der Waals surface area (Å²) in [4.78, 5) is 59.7. The molecule has 13 heteroatoms. The summed E-state index contributed by atoms with van der Waals surface area (Å²) < 4.78 is 2.11. The molecular weight excluding hydrogens is 604 g/mol. The Morgan fingerprint density at radius 3 is 2.60 bits per heavy atom. The van der Waals surface area contributed by atoms with Gasteiger partial charge >= 0.3 is 0 Å². The first kappa shape index (κ1) is 27.9. The summed E-state index contributed by atoms with van der Waals surface area (Å²) in [7, 11) is 1.34. The topological polar surface area (TPSA) is 144 Å². The minimum absolute atomic E-state index is 0.0384. The van der Waals surface area contributed by atoms with E-state index in [2.05, 4.69) is 53.7 Å². The normalized spacial score (nSPS) is 20.8. The van der Waals surface area contributed by atoms with Crippen LogP contribution in [-0.2, 0) is 21.0 Å². The van der Waals surface area contributed by atoms with Crippen LogP contribution in [0.25, 0.3) is 22.0 Å². The lowest BCUT2D eigenvalue weighted by molar-refractivity contribution is -0.138. The van der Waals surface area contributed by atoms with Crippen LogP contribution in [0, 0.1) is 19.3 Å². The molecule has 2 aliphatic rings. The number of hydrogen-bond donors (Lipinski definition) is 2. The monoisotopic (exact) mass is 632 g/mol. The number of rotatable bonds is 7. The van der Waals surface area contributed by atoms with Gasteiger partial charge in [0.05, 0.1) is 12.6 Å². The summed E-state index contributed by atoms with van der Waals surface area (Å²) in [6, 6.07) is 8.48. The maximum absolute atomic E-state index is 13.9. The number of anilines is 1. The van der Waals surface area contributed by atoms with Gasteiger partial charge in [0.15, 0.2) is 5.69 Å². The van der Waals surface area contributed by atoms with E-state index in [9.17, 15) is 14.4 Å². The molecule has 1 aliphatic heterocycles. The van der Waals surface area contributed by atoms with E-state index in [0.717, 1.165) is 23.1 Å². The molecule has 1 saturated heterocycles. The van der Waals surface area contributed by atoms with Gasteiger partial charge in [0.1, 0.15) is 28.8 Å². The predicted octanol–water partition coefficient (Wildman–Crippen LogP) is 3.58. The molecule has 3 atom stereocenters. The number of nitrogens with zero attached hydrogens (tertiary/aromatic N) is 6. The molecule has 1 saturated carbocycles. The quantitative estimate of drug-likeness (QED) is 0.232. The first-order valence-electron chi connectivity index (χ1n) is 13.5. The Bertz CT molecular complexity index is 1740. The van der Waals surface area contributed by atoms with Crippen molar-refractivity contribution in [2.24, 2.45) is 5.41 Å². The van der Waals surface area contributed by atoms with Gasteiger partial charge in [-0.05, 0) is 77.4 Å². The molecule has 2 fully saturated rings. The van der Waals surface area contributed by atoms with E-state index in [1.165, 1.54) is 11.8 Å². The second kappa shape index (κ2) is 10.6. The summed E-state index contributed by atoms with van der Waals surface area (Å²) in [5.41, 5.74) is 5.29. The number of benzene rings is 1. The standard InChI is InChI=1S/C29H29BrN8O4/c1-15-5-8-23(30)33-26(15)34-27(40)21-10-29(3)11-22(29)38(21)24(39)14-37-20-7-6-17(18-12-31-16(2)32-13-18)9-19(20)25(35-37)28(41)36-42-4/h5-9,12-13,21-22H,10-11,14H2,1-4H3,(H,36,41)(H,33,34,40)/t21-,22+,29-/m0/s1. The van der Waals surface area contributed by atoms with E-state index in [1.54, 1.807) is 30.3 Å². The zero-order valence-corrected chi connectivity index (χ0v) is 25.1. The zero-order chi connectivity index (χ0) is 29.8. The van der Waals surface area contributed by atoms with Crippen molar-refractivity contribution in [3.63, 3.8) is 0 Å². The van der Waals surface area contributed by atoms with Crippen LogP contribution in [0.3, 0.4) is 0 Å². The van der Waals surface area contributed by atoms with Gasteiger partial charge in [-0.25, -0.2) is 20.4 Å². The van der Waals surface area contributed by atoms with Gasteiger partial charge in [-0.2, -0.15) is 5.10 Å². The molecule has 42 heavy (non-hydrogen) atoms. The van der Waals surface area contributed by atoms with Crippen molar-refractivity contribution in [2.45, 2.75) is 52.2 Å². The average molecular weight is 634 g/mol. The Balaban J connectivity index is 1.30. The number of piperidine rings is 1. The Kier molecular flexibility index (Phi) is 7.01. The van der Waals surface area contributed by atoms with Crippen LogP contribution in [0.15, 0.2) is 47.3 Å². The van der Waals surface area contributed by atoms with Crippen molar-refractivity contribution in [2.75, 3.05) is 12.4 Å². The lowest BCUT2D eigenvalue weighted by Crippen LogP contribution is -2.47. The van der Waals surface area contributed by atoms with Gasteiger partial charge in [0.25, 0.3) is 5.91 Å². The maximum Gasteiger partial charge on any atom is 0.295 e. The van der Waals surface area contributed by atoms with Crippen LogP contribution in [0.5, 0.6) is 0 Å². The number of carbonyl (C=O) groups excluding carboxylic acids is 3. The first-order valence-corrected chi connectivity index (χ1v) is 14.3. The number of aryl methyl sites for hydroxylation is 2. The summed E-state index contributed by atoms with van der Waals surface area (Å²) >= 11 is 3.35. The number of nitrogens with one attached hydrogen (secondary N) is 2. The highest BCUT2D eigenvalue weighted by Crippen LogP contribution is 2.59. The number of fused-ring (bicyclic) bond motifs is 2. The molecule has 0 unspecified atom stereocenters. The Hall–Kier alpha value is -4.23. The molecule has 0 bridgehead atoms. The van der Waals surface area contributed by atoms with Crippen molar-refractivity contribution < 1.29 is 19.2 Å². The Labute approximate surface area is 250 Å². The SMILES string of the molecule is CONC(=O)c1nn(CC(=O)N2[C@H](C(=O)Nc3nc(Br)ccc3C)C[C@@]3(C)C[C@@H]23)c2ccc(-c3cnc(C)nc3)cc12. The molecule has 1 aromatic carbocycles. The van der Waals surface area contributed by atoms with Crippen molar-refractivity contribution >= 4 is 50.4 Å². The number of aromatic nitrogens is 5. The number of amides is 3. The number of hydrogen-bond acceptors (Lipinski definition) is 8. The van der Waals surface area contributed by atoms with Crippen LogP contribution in [0.4, 0.5) is 5.82 Å². The van der Waals surface area contributed by atoms with Crippen molar-refractivity contribution in [3.8, 4) is 11.1 Å². The molecule has 3 aromatic heterocycles. The second-order valence-electron chi connectivity index (χ2n) is 11.1. The van der Waals surface area contributed by atoms with E-state index in [-0.39, 0.29) is 35.5 Å². The highest BCUT2D eigenvalue weighted by atomic mass is 79.9. The molecular formula is C29H29BrN8O4. The third kappa shape index (κ3) is 5.02. The molecule has 12 nitrogen and oxygen atoms in total. The number of pyridine rings is 1. The van der Waals surface area contributed by atoms with Gasteiger partial charge in [-0.1, -0.05) is 19.1 Å². The van der Waals surface area contributed by atoms with Crippen molar-refractivity contribution in [3.05, 3.63) is 64.4 Å². The first-order chi connectivity index (χ1) is 20.1. The third-order valence-electron chi connectivity index (χ3n) is 8.09. The van der Waals surface area contributed by atoms with E-state index in [4.69, 9.17) is 4.84 Å².